The van der Waals surface area contributed by atoms with Crippen LogP contribution in [0.2, 0.25) is 0 Å². The maximum atomic E-state index is 12.5. The molecule has 0 radical (unpaired) electrons. The standard InChI is InChI=1S/C15H15F3N2/c16-15(17,18)14(19)12-6-8-13(9-7-12)20-10-11-4-2-1-3-5-11/h1-9,14,20H,10,19H2/t14-/m1/s1. The van der Waals surface area contributed by atoms with Gasteiger partial charge in [-0.2, -0.15) is 13.2 Å². The van der Waals surface area contributed by atoms with Gasteiger partial charge < -0.3 is 11.1 Å². The highest BCUT2D eigenvalue weighted by molar-refractivity contribution is 5.45. The average Bonchev–Trinajstić information content (AvgIpc) is 2.45. The summed E-state index contributed by atoms with van der Waals surface area (Å²) in [6.07, 6.45) is -4.42. The zero-order chi connectivity index (χ0) is 14.6. The van der Waals surface area contributed by atoms with Crippen molar-refractivity contribution in [2.75, 3.05) is 5.32 Å². The van der Waals surface area contributed by atoms with Crippen LogP contribution in [0.15, 0.2) is 54.6 Å². The lowest BCUT2D eigenvalue weighted by molar-refractivity contribution is -0.149. The van der Waals surface area contributed by atoms with Gasteiger partial charge >= 0.3 is 6.18 Å². The van der Waals surface area contributed by atoms with Crippen LogP contribution in [0.4, 0.5) is 18.9 Å². The van der Waals surface area contributed by atoms with E-state index in [1.165, 1.54) is 12.1 Å². The summed E-state index contributed by atoms with van der Waals surface area (Å²) >= 11 is 0. The Morgan fingerprint density at radius 2 is 1.55 bits per heavy atom. The predicted molar refractivity (Wildman–Crippen MR) is 73.2 cm³/mol. The first kappa shape index (κ1) is 14.4. The molecular weight excluding hydrogens is 265 g/mol. The van der Waals surface area contributed by atoms with Crippen molar-refractivity contribution in [3.05, 3.63) is 65.7 Å². The molecule has 20 heavy (non-hydrogen) atoms. The monoisotopic (exact) mass is 280 g/mol. The Morgan fingerprint density at radius 3 is 2.10 bits per heavy atom. The molecule has 0 aliphatic heterocycles. The van der Waals surface area contributed by atoms with Crippen LogP contribution < -0.4 is 11.1 Å². The molecule has 0 saturated carbocycles. The second kappa shape index (κ2) is 5.96. The van der Waals surface area contributed by atoms with Crippen LogP contribution in [0, 0.1) is 0 Å². The summed E-state index contributed by atoms with van der Waals surface area (Å²) in [6.45, 7) is 0.617. The first-order valence-corrected chi connectivity index (χ1v) is 6.17. The second-order valence-corrected chi connectivity index (χ2v) is 4.48. The first-order valence-electron chi connectivity index (χ1n) is 6.17. The lowest BCUT2D eigenvalue weighted by Gasteiger charge is -2.16. The molecule has 0 bridgehead atoms. The molecule has 2 nitrogen and oxygen atoms in total. The summed E-state index contributed by atoms with van der Waals surface area (Å²) in [6, 6.07) is 13.8. The molecule has 0 fully saturated rings. The van der Waals surface area contributed by atoms with Gasteiger partial charge in [0.15, 0.2) is 0 Å². The van der Waals surface area contributed by atoms with Gasteiger partial charge in [-0.05, 0) is 23.3 Å². The van der Waals surface area contributed by atoms with Gasteiger partial charge in [-0.1, -0.05) is 42.5 Å². The number of nitrogens with two attached hydrogens (primary N) is 1. The van der Waals surface area contributed by atoms with Gasteiger partial charge in [0.25, 0.3) is 0 Å². The van der Waals surface area contributed by atoms with E-state index in [9.17, 15) is 13.2 Å². The Bertz CT molecular complexity index is 535. The molecule has 2 aromatic rings. The molecule has 2 aromatic carbocycles. The molecule has 1 atom stereocenters. The highest BCUT2D eigenvalue weighted by Crippen LogP contribution is 2.30. The minimum Gasteiger partial charge on any atom is -0.381 e. The van der Waals surface area contributed by atoms with Crippen molar-refractivity contribution >= 4 is 5.69 Å². The number of anilines is 1. The van der Waals surface area contributed by atoms with Crippen LogP contribution in [-0.2, 0) is 6.54 Å². The summed E-state index contributed by atoms with van der Waals surface area (Å²) in [5.74, 6) is 0. The summed E-state index contributed by atoms with van der Waals surface area (Å²) < 4.78 is 37.4. The van der Waals surface area contributed by atoms with Crippen molar-refractivity contribution < 1.29 is 13.2 Å². The minimum absolute atomic E-state index is 0.0581. The molecule has 0 unspecified atom stereocenters. The molecule has 106 valence electrons. The van der Waals surface area contributed by atoms with Crippen LogP contribution in [0.25, 0.3) is 0 Å². The molecule has 0 saturated heterocycles. The quantitative estimate of drug-likeness (QED) is 0.892. The Balaban J connectivity index is 1.98. The van der Waals surface area contributed by atoms with Crippen molar-refractivity contribution in [3.8, 4) is 0 Å². The smallest absolute Gasteiger partial charge is 0.381 e. The van der Waals surface area contributed by atoms with E-state index in [1.54, 1.807) is 12.1 Å². The van der Waals surface area contributed by atoms with Crippen molar-refractivity contribution in [1.29, 1.82) is 0 Å². The third-order valence-electron chi connectivity index (χ3n) is 2.96. The number of benzene rings is 2. The Hall–Kier alpha value is -2.01. The van der Waals surface area contributed by atoms with Crippen molar-refractivity contribution in [3.63, 3.8) is 0 Å². The average molecular weight is 280 g/mol. The van der Waals surface area contributed by atoms with E-state index in [4.69, 9.17) is 5.73 Å². The van der Waals surface area contributed by atoms with Crippen LogP contribution in [0.5, 0.6) is 0 Å². The first-order chi connectivity index (χ1) is 9.47. The third-order valence-corrected chi connectivity index (χ3v) is 2.96. The highest BCUT2D eigenvalue weighted by atomic mass is 19.4. The fourth-order valence-electron chi connectivity index (χ4n) is 1.80. The van der Waals surface area contributed by atoms with Gasteiger partial charge in [-0.25, -0.2) is 0 Å². The number of nitrogens with one attached hydrogen (secondary N) is 1. The molecule has 0 aliphatic rings. The van der Waals surface area contributed by atoms with Crippen LogP contribution >= 0.6 is 0 Å². The molecular formula is C15H15F3N2. The lowest BCUT2D eigenvalue weighted by atomic mass is 10.1. The summed E-state index contributed by atoms with van der Waals surface area (Å²) in [4.78, 5) is 0. The molecule has 5 heteroatoms. The van der Waals surface area contributed by atoms with E-state index in [0.29, 0.717) is 6.54 Å². The molecule has 0 aliphatic carbocycles. The van der Waals surface area contributed by atoms with Crippen LogP contribution in [0.1, 0.15) is 17.2 Å². The van der Waals surface area contributed by atoms with Gasteiger partial charge in [-0.3, -0.25) is 0 Å². The lowest BCUT2D eigenvalue weighted by Crippen LogP contribution is -2.28. The normalized spacial score (nSPS) is 13.0. The number of hydrogen-bond donors (Lipinski definition) is 2. The van der Waals surface area contributed by atoms with Crippen LogP contribution in [0.3, 0.4) is 0 Å². The maximum Gasteiger partial charge on any atom is 0.407 e. The van der Waals surface area contributed by atoms with Gasteiger partial charge in [0.2, 0.25) is 0 Å². The zero-order valence-corrected chi connectivity index (χ0v) is 10.7. The fraction of sp³-hybridized carbons (Fsp3) is 0.200. The number of halogens is 3. The van der Waals surface area contributed by atoms with Crippen molar-refractivity contribution in [2.45, 2.75) is 18.8 Å². The SMILES string of the molecule is N[C@H](c1ccc(NCc2ccccc2)cc1)C(F)(F)F. The van der Waals surface area contributed by atoms with E-state index in [0.717, 1.165) is 11.3 Å². The van der Waals surface area contributed by atoms with E-state index in [-0.39, 0.29) is 5.56 Å². The molecule has 3 N–H and O–H groups in total. The number of rotatable bonds is 4. The Kier molecular flexibility index (Phi) is 4.29. The van der Waals surface area contributed by atoms with Gasteiger partial charge in [0.1, 0.15) is 6.04 Å². The topological polar surface area (TPSA) is 38.0 Å². The summed E-state index contributed by atoms with van der Waals surface area (Å²) in [5, 5.41) is 3.14. The van der Waals surface area contributed by atoms with Gasteiger partial charge in [-0.15, -0.1) is 0 Å². The number of alkyl halides is 3. The summed E-state index contributed by atoms with van der Waals surface area (Å²) in [5.41, 5.74) is 7.06. The molecule has 2 rings (SSSR count). The van der Waals surface area contributed by atoms with Crippen molar-refractivity contribution in [1.82, 2.24) is 0 Å². The summed E-state index contributed by atoms with van der Waals surface area (Å²) in [7, 11) is 0. The van der Waals surface area contributed by atoms with Gasteiger partial charge in [0, 0.05) is 12.2 Å². The van der Waals surface area contributed by atoms with E-state index in [2.05, 4.69) is 5.32 Å². The molecule has 0 amide bonds. The largest absolute Gasteiger partial charge is 0.407 e. The minimum atomic E-state index is -4.42. The van der Waals surface area contributed by atoms with E-state index >= 15 is 0 Å². The van der Waals surface area contributed by atoms with Gasteiger partial charge in [0.05, 0.1) is 0 Å². The molecule has 0 aromatic heterocycles. The Labute approximate surface area is 115 Å². The number of hydrogen-bond acceptors (Lipinski definition) is 2. The second-order valence-electron chi connectivity index (χ2n) is 4.48. The highest BCUT2D eigenvalue weighted by Gasteiger charge is 2.37. The molecule has 0 heterocycles. The fourth-order valence-corrected chi connectivity index (χ4v) is 1.80. The van der Waals surface area contributed by atoms with Crippen molar-refractivity contribution in [2.24, 2.45) is 5.73 Å². The van der Waals surface area contributed by atoms with E-state index < -0.39 is 12.2 Å². The van der Waals surface area contributed by atoms with Crippen LogP contribution in [-0.4, -0.2) is 6.18 Å². The Morgan fingerprint density at radius 1 is 0.950 bits per heavy atom. The third kappa shape index (κ3) is 3.74. The maximum absolute atomic E-state index is 12.5. The van der Waals surface area contributed by atoms with E-state index in [1.807, 2.05) is 30.3 Å². The predicted octanol–water partition coefficient (Wildman–Crippen LogP) is 3.86. The molecule has 0 spiro atoms. The zero-order valence-electron chi connectivity index (χ0n) is 10.7.